The van der Waals surface area contributed by atoms with Crippen LogP contribution in [0, 0.1) is 13.8 Å². The number of amides is 1. The highest BCUT2D eigenvalue weighted by Crippen LogP contribution is 2.45. The predicted molar refractivity (Wildman–Crippen MR) is 104 cm³/mol. The predicted octanol–water partition coefficient (Wildman–Crippen LogP) is 3.61. The molecule has 0 spiro atoms. The number of hydrogen-bond acceptors (Lipinski definition) is 5. The van der Waals surface area contributed by atoms with Crippen LogP contribution >= 0.6 is 0 Å². The zero-order valence-corrected chi connectivity index (χ0v) is 16.5. The molecule has 28 heavy (non-hydrogen) atoms. The first-order chi connectivity index (χ1) is 13.5. The molecule has 7 nitrogen and oxygen atoms in total. The highest BCUT2D eigenvalue weighted by molar-refractivity contribution is 6.06. The molecule has 2 fully saturated rings. The Hall–Kier alpha value is -2.70. The highest BCUT2D eigenvalue weighted by atomic mass is 16.5. The molecule has 5 rings (SSSR count). The molecule has 7 heteroatoms. The minimum atomic E-state index is -0.0894. The number of nitrogens with one attached hydrogen (secondary N) is 1. The Bertz CT molecular complexity index is 1060. The van der Waals surface area contributed by atoms with Gasteiger partial charge < -0.3 is 9.84 Å². The number of pyridine rings is 1. The quantitative estimate of drug-likeness (QED) is 0.707. The minimum Gasteiger partial charge on any atom is -0.348 e. The molecule has 1 amide bonds. The third-order valence-electron chi connectivity index (χ3n) is 5.62. The van der Waals surface area contributed by atoms with Gasteiger partial charge in [0.05, 0.1) is 28.9 Å². The number of carbonyl (C=O) groups is 1. The molecule has 3 aromatic heterocycles. The summed E-state index contributed by atoms with van der Waals surface area (Å²) in [4.78, 5) is 17.8. The fourth-order valence-electron chi connectivity index (χ4n) is 3.86. The van der Waals surface area contributed by atoms with Crippen molar-refractivity contribution in [1.29, 1.82) is 0 Å². The summed E-state index contributed by atoms with van der Waals surface area (Å²) in [5.74, 6) is 0.750. The molecule has 1 atom stereocenters. The molecule has 146 valence electrons. The Labute approximate surface area is 163 Å². The summed E-state index contributed by atoms with van der Waals surface area (Å²) in [6, 6.07) is 3.94. The number of hydrogen-bond donors (Lipinski definition) is 1. The monoisotopic (exact) mass is 379 g/mol. The van der Waals surface area contributed by atoms with Crippen molar-refractivity contribution in [3.8, 4) is 0 Å². The van der Waals surface area contributed by atoms with E-state index in [9.17, 15) is 4.79 Å². The van der Waals surface area contributed by atoms with Crippen LogP contribution in [0.25, 0.3) is 11.1 Å². The van der Waals surface area contributed by atoms with E-state index in [1.165, 1.54) is 0 Å². The Balaban J connectivity index is 1.44. The Morgan fingerprint density at radius 3 is 2.64 bits per heavy atom. The van der Waals surface area contributed by atoms with Gasteiger partial charge in [-0.1, -0.05) is 5.16 Å². The van der Waals surface area contributed by atoms with Crippen molar-refractivity contribution >= 4 is 17.0 Å². The lowest BCUT2D eigenvalue weighted by molar-refractivity contribution is 0.0937. The summed E-state index contributed by atoms with van der Waals surface area (Å²) in [6.07, 6.45) is 4.44. The van der Waals surface area contributed by atoms with Crippen molar-refractivity contribution in [1.82, 2.24) is 25.2 Å². The summed E-state index contributed by atoms with van der Waals surface area (Å²) >= 11 is 0. The standard InChI is InChI=1S/C21H25N5O2/c1-11-8-13(3)26(24-11)10-12(2)22-20(27)16-9-17(14-4-5-14)23-21-18(16)19(25-28-21)15-6-7-15/h8-9,12,14-15H,4-7,10H2,1-3H3,(H,22,27)/t12-/m1/s1. The third-order valence-corrected chi connectivity index (χ3v) is 5.62. The largest absolute Gasteiger partial charge is 0.348 e. The van der Waals surface area contributed by atoms with Gasteiger partial charge in [0, 0.05) is 29.3 Å². The van der Waals surface area contributed by atoms with Gasteiger partial charge in [-0.2, -0.15) is 5.10 Å². The van der Waals surface area contributed by atoms with Crippen molar-refractivity contribution in [3.05, 3.63) is 40.5 Å². The van der Waals surface area contributed by atoms with E-state index in [1.807, 2.05) is 37.6 Å². The van der Waals surface area contributed by atoms with Gasteiger partial charge in [-0.05, 0) is 58.6 Å². The molecule has 0 bridgehead atoms. The fourth-order valence-corrected chi connectivity index (χ4v) is 3.86. The maximum atomic E-state index is 13.2. The summed E-state index contributed by atoms with van der Waals surface area (Å²) in [5.41, 5.74) is 5.07. The number of rotatable bonds is 6. The summed E-state index contributed by atoms with van der Waals surface area (Å²) in [7, 11) is 0. The molecule has 0 saturated heterocycles. The summed E-state index contributed by atoms with van der Waals surface area (Å²) < 4.78 is 7.46. The molecule has 0 radical (unpaired) electrons. The first-order valence-corrected chi connectivity index (χ1v) is 10.1. The van der Waals surface area contributed by atoms with Gasteiger partial charge in [0.2, 0.25) is 0 Å². The summed E-state index contributed by atoms with van der Waals surface area (Å²) in [5, 5.41) is 12.7. The number of carbonyl (C=O) groups excluding carboxylic acids is 1. The number of fused-ring (bicyclic) bond motifs is 1. The maximum Gasteiger partial charge on any atom is 0.259 e. The molecule has 3 heterocycles. The van der Waals surface area contributed by atoms with E-state index in [0.717, 1.165) is 53.8 Å². The van der Waals surface area contributed by atoms with E-state index < -0.39 is 0 Å². The van der Waals surface area contributed by atoms with E-state index >= 15 is 0 Å². The molecule has 3 aromatic rings. The van der Waals surface area contributed by atoms with E-state index in [-0.39, 0.29) is 11.9 Å². The molecular weight excluding hydrogens is 354 g/mol. The Morgan fingerprint density at radius 1 is 1.25 bits per heavy atom. The van der Waals surface area contributed by atoms with Gasteiger partial charge >= 0.3 is 0 Å². The van der Waals surface area contributed by atoms with Crippen LogP contribution in [0.4, 0.5) is 0 Å². The molecule has 0 aromatic carbocycles. The molecule has 2 saturated carbocycles. The van der Waals surface area contributed by atoms with E-state index in [2.05, 4.69) is 20.6 Å². The second-order valence-electron chi connectivity index (χ2n) is 8.37. The first-order valence-electron chi connectivity index (χ1n) is 10.1. The number of nitrogens with zero attached hydrogens (tertiary/aromatic N) is 4. The maximum absolute atomic E-state index is 13.2. The topological polar surface area (TPSA) is 85.8 Å². The van der Waals surface area contributed by atoms with Crippen molar-refractivity contribution in [2.45, 2.75) is 70.9 Å². The van der Waals surface area contributed by atoms with E-state index in [4.69, 9.17) is 4.52 Å². The second-order valence-corrected chi connectivity index (χ2v) is 8.37. The van der Waals surface area contributed by atoms with Crippen molar-refractivity contribution < 1.29 is 9.32 Å². The molecule has 0 unspecified atom stereocenters. The average Bonchev–Trinajstić information content (AvgIpc) is 3.57. The van der Waals surface area contributed by atoms with Crippen LogP contribution in [-0.2, 0) is 6.54 Å². The van der Waals surface area contributed by atoms with Crippen molar-refractivity contribution in [2.24, 2.45) is 0 Å². The summed E-state index contributed by atoms with van der Waals surface area (Å²) in [6.45, 7) is 6.64. The SMILES string of the molecule is Cc1cc(C)n(C[C@@H](C)NC(=O)c2cc(C3CC3)nc3onc(C4CC4)c23)n1. The van der Waals surface area contributed by atoms with Gasteiger partial charge in [0.15, 0.2) is 0 Å². The normalized spacial score (nSPS) is 17.8. The first kappa shape index (κ1) is 17.4. The van der Waals surface area contributed by atoms with Crippen molar-refractivity contribution in [3.63, 3.8) is 0 Å². The number of aromatic nitrogens is 4. The molecule has 2 aliphatic carbocycles. The van der Waals surface area contributed by atoms with Gasteiger partial charge in [-0.3, -0.25) is 9.48 Å². The van der Waals surface area contributed by atoms with Crippen LogP contribution in [0.3, 0.4) is 0 Å². The minimum absolute atomic E-state index is 0.0534. The highest BCUT2D eigenvalue weighted by Gasteiger charge is 2.34. The molecular formula is C21H25N5O2. The average molecular weight is 379 g/mol. The van der Waals surface area contributed by atoms with Crippen LogP contribution in [0.15, 0.2) is 16.7 Å². The van der Waals surface area contributed by atoms with Crippen LogP contribution < -0.4 is 5.32 Å². The number of aryl methyl sites for hydroxylation is 2. The second kappa shape index (κ2) is 6.43. The van der Waals surface area contributed by atoms with Gasteiger partial charge in [0.25, 0.3) is 11.6 Å². The van der Waals surface area contributed by atoms with Crippen LogP contribution in [-0.4, -0.2) is 31.9 Å². The van der Waals surface area contributed by atoms with E-state index in [0.29, 0.717) is 29.7 Å². The van der Waals surface area contributed by atoms with Gasteiger partial charge in [-0.15, -0.1) is 0 Å². The van der Waals surface area contributed by atoms with E-state index in [1.54, 1.807) is 0 Å². The lowest BCUT2D eigenvalue weighted by Crippen LogP contribution is -2.36. The lowest BCUT2D eigenvalue weighted by Gasteiger charge is -2.16. The lowest BCUT2D eigenvalue weighted by atomic mass is 10.0. The van der Waals surface area contributed by atoms with Crippen LogP contribution in [0.5, 0.6) is 0 Å². The van der Waals surface area contributed by atoms with Crippen molar-refractivity contribution in [2.75, 3.05) is 0 Å². The zero-order valence-electron chi connectivity index (χ0n) is 16.5. The Morgan fingerprint density at radius 2 is 2.00 bits per heavy atom. The van der Waals surface area contributed by atoms with Gasteiger partial charge in [-0.25, -0.2) is 4.98 Å². The molecule has 1 N–H and O–H groups in total. The molecule has 2 aliphatic rings. The molecule has 0 aliphatic heterocycles. The fraction of sp³-hybridized carbons (Fsp3) is 0.524. The van der Waals surface area contributed by atoms with Gasteiger partial charge in [0.1, 0.15) is 0 Å². The Kier molecular flexibility index (Phi) is 4.00. The van der Waals surface area contributed by atoms with Crippen LogP contribution in [0.1, 0.15) is 77.6 Å². The third kappa shape index (κ3) is 3.19. The smallest absolute Gasteiger partial charge is 0.259 e. The van der Waals surface area contributed by atoms with Crippen LogP contribution in [0.2, 0.25) is 0 Å². The zero-order chi connectivity index (χ0) is 19.4.